The second-order valence-corrected chi connectivity index (χ2v) is 5.90. The first-order valence-electron chi connectivity index (χ1n) is 4.72. The van der Waals surface area contributed by atoms with E-state index in [-0.39, 0.29) is 10.6 Å². The summed E-state index contributed by atoms with van der Waals surface area (Å²) < 4.78 is 32.1. The molecule has 1 N–H and O–H groups in total. The lowest BCUT2D eigenvalue weighted by Gasteiger charge is -2.12. The van der Waals surface area contributed by atoms with Gasteiger partial charge in [0.1, 0.15) is 10.6 Å². The molecule has 0 aliphatic rings. The summed E-state index contributed by atoms with van der Waals surface area (Å²) in [6.45, 7) is 1.59. The van der Waals surface area contributed by atoms with Gasteiger partial charge in [-0.1, -0.05) is 21.9 Å². The van der Waals surface area contributed by atoms with Crippen molar-refractivity contribution in [3.8, 4) is 18.1 Å². The first-order valence-corrected chi connectivity index (χ1v) is 7.00. The van der Waals surface area contributed by atoms with Gasteiger partial charge in [-0.05, 0) is 25.1 Å². The van der Waals surface area contributed by atoms with E-state index in [1.807, 2.05) is 0 Å². The van der Waals surface area contributed by atoms with Crippen molar-refractivity contribution in [2.75, 3.05) is 7.11 Å². The average molecular weight is 318 g/mol. The molecule has 17 heavy (non-hydrogen) atoms. The van der Waals surface area contributed by atoms with Crippen LogP contribution in [0.2, 0.25) is 0 Å². The molecule has 0 fully saturated rings. The Hall–Kier alpha value is -1.03. The second-order valence-electron chi connectivity index (χ2n) is 3.30. The van der Waals surface area contributed by atoms with Crippen LogP contribution in [0.15, 0.2) is 27.6 Å². The molecule has 1 rings (SSSR count). The predicted molar refractivity (Wildman–Crippen MR) is 69.3 cm³/mol. The molecular formula is C11H12BrNO3S. The highest BCUT2D eigenvalue weighted by atomic mass is 79.9. The molecule has 1 aromatic rings. The van der Waals surface area contributed by atoms with Gasteiger partial charge >= 0.3 is 0 Å². The SMILES string of the molecule is C#CC(C)NS(=O)(=O)c1cc(Br)ccc1OC. The summed E-state index contributed by atoms with van der Waals surface area (Å²) in [7, 11) is -2.27. The van der Waals surface area contributed by atoms with Crippen LogP contribution in [0, 0.1) is 12.3 Å². The van der Waals surface area contributed by atoms with Crippen molar-refractivity contribution in [3.63, 3.8) is 0 Å². The van der Waals surface area contributed by atoms with Gasteiger partial charge in [-0.15, -0.1) is 6.42 Å². The largest absolute Gasteiger partial charge is 0.495 e. The van der Waals surface area contributed by atoms with E-state index in [0.29, 0.717) is 4.47 Å². The van der Waals surface area contributed by atoms with Gasteiger partial charge < -0.3 is 4.74 Å². The van der Waals surface area contributed by atoms with Crippen molar-refractivity contribution in [2.45, 2.75) is 17.9 Å². The predicted octanol–water partition coefficient (Wildman–Crippen LogP) is 1.76. The highest BCUT2D eigenvalue weighted by Gasteiger charge is 2.21. The number of methoxy groups -OCH3 is 1. The molecule has 0 saturated heterocycles. The van der Waals surface area contributed by atoms with Crippen LogP contribution >= 0.6 is 15.9 Å². The van der Waals surface area contributed by atoms with E-state index < -0.39 is 16.1 Å². The summed E-state index contributed by atoms with van der Waals surface area (Å²) >= 11 is 3.21. The maximum absolute atomic E-state index is 12.0. The fraction of sp³-hybridized carbons (Fsp3) is 0.273. The molecule has 0 radical (unpaired) electrons. The maximum Gasteiger partial charge on any atom is 0.245 e. The molecular weight excluding hydrogens is 306 g/mol. The van der Waals surface area contributed by atoms with Gasteiger partial charge in [-0.3, -0.25) is 0 Å². The number of nitrogens with one attached hydrogen (secondary N) is 1. The van der Waals surface area contributed by atoms with Crippen LogP contribution in [0.3, 0.4) is 0 Å². The highest BCUT2D eigenvalue weighted by molar-refractivity contribution is 9.10. The van der Waals surface area contributed by atoms with Crippen molar-refractivity contribution in [2.24, 2.45) is 0 Å². The van der Waals surface area contributed by atoms with E-state index in [1.165, 1.54) is 13.2 Å². The van der Waals surface area contributed by atoms with Crippen molar-refractivity contribution in [1.82, 2.24) is 4.72 Å². The quantitative estimate of drug-likeness (QED) is 0.861. The Morgan fingerprint density at radius 1 is 1.53 bits per heavy atom. The number of terminal acetylenes is 1. The fourth-order valence-electron chi connectivity index (χ4n) is 1.19. The Labute approximate surface area is 110 Å². The zero-order valence-corrected chi connectivity index (χ0v) is 11.8. The third-order valence-corrected chi connectivity index (χ3v) is 4.05. The number of hydrogen-bond acceptors (Lipinski definition) is 3. The molecule has 0 heterocycles. The summed E-state index contributed by atoms with van der Waals surface area (Å²) in [5.41, 5.74) is 0. The number of hydrogen-bond donors (Lipinski definition) is 1. The van der Waals surface area contributed by atoms with E-state index in [9.17, 15) is 8.42 Å². The molecule has 0 aliphatic heterocycles. The average Bonchev–Trinajstić information content (AvgIpc) is 2.28. The zero-order chi connectivity index (χ0) is 13.1. The molecule has 0 bridgehead atoms. The molecule has 1 atom stereocenters. The van der Waals surface area contributed by atoms with Crippen molar-refractivity contribution in [1.29, 1.82) is 0 Å². The molecule has 6 heteroatoms. The molecule has 1 unspecified atom stereocenters. The summed E-state index contributed by atoms with van der Waals surface area (Å²) in [5.74, 6) is 2.57. The highest BCUT2D eigenvalue weighted by Crippen LogP contribution is 2.27. The Kier molecular flexibility index (Phi) is 4.57. The summed E-state index contributed by atoms with van der Waals surface area (Å²) in [6.07, 6.45) is 5.14. The number of ether oxygens (including phenoxy) is 1. The summed E-state index contributed by atoms with van der Waals surface area (Å²) in [6, 6.07) is 4.15. The van der Waals surface area contributed by atoms with Crippen LogP contribution in [0.25, 0.3) is 0 Å². The minimum atomic E-state index is -3.68. The number of sulfonamides is 1. The fourth-order valence-corrected chi connectivity index (χ4v) is 3.06. The maximum atomic E-state index is 12.0. The summed E-state index contributed by atoms with van der Waals surface area (Å²) in [4.78, 5) is 0.0523. The van der Waals surface area contributed by atoms with Crippen LogP contribution in [-0.4, -0.2) is 21.6 Å². The van der Waals surface area contributed by atoms with Crippen molar-refractivity contribution in [3.05, 3.63) is 22.7 Å². The van der Waals surface area contributed by atoms with Crippen LogP contribution in [0.4, 0.5) is 0 Å². The molecule has 1 aromatic carbocycles. The van der Waals surface area contributed by atoms with Crippen LogP contribution in [0.5, 0.6) is 5.75 Å². The van der Waals surface area contributed by atoms with E-state index in [4.69, 9.17) is 11.2 Å². The molecule has 0 spiro atoms. The third-order valence-electron chi connectivity index (χ3n) is 2.00. The van der Waals surface area contributed by atoms with Gasteiger partial charge in [0, 0.05) is 4.47 Å². The standard InChI is InChI=1S/C11H12BrNO3S/c1-4-8(2)13-17(14,15)11-7-9(12)5-6-10(11)16-3/h1,5-8,13H,2-3H3. The lowest BCUT2D eigenvalue weighted by Crippen LogP contribution is -2.31. The topological polar surface area (TPSA) is 55.4 Å². The number of halogens is 1. The van der Waals surface area contributed by atoms with Crippen LogP contribution < -0.4 is 9.46 Å². The van der Waals surface area contributed by atoms with E-state index in [2.05, 4.69) is 26.6 Å². The van der Waals surface area contributed by atoms with Gasteiger partial charge in [0.2, 0.25) is 10.0 Å². The van der Waals surface area contributed by atoms with E-state index >= 15 is 0 Å². The lowest BCUT2D eigenvalue weighted by atomic mass is 10.3. The first kappa shape index (κ1) is 14.0. The smallest absolute Gasteiger partial charge is 0.245 e. The Balaban J connectivity index is 3.23. The molecule has 92 valence electrons. The molecule has 0 saturated carbocycles. The normalized spacial score (nSPS) is 12.8. The number of rotatable bonds is 4. The third kappa shape index (κ3) is 3.46. The van der Waals surface area contributed by atoms with Crippen LogP contribution in [0.1, 0.15) is 6.92 Å². The Morgan fingerprint density at radius 2 is 2.18 bits per heavy atom. The molecule has 0 amide bonds. The van der Waals surface area contributed by atoms with Gasteiger partial charge in [-0.25, -0.2) is 8.42 Å². The Bertz CT molecular complexity index is 548. The molecule has 0 aliphatic carbocycles. The van der Waals surface area contributed by atoms with Gasteiger partial charge in [0.05, 0.1) is 13.2 Å². The van der Waals surface area contributed by atoms with E-state index in [1.54, 1.807) is 19.1 Å². The Morgan fingerprint density at radius 3 is 2.71 bits per heavy atom. The first-order chi connectivity index (χ1) is 7.90. The molecule has 0 aromatic heterocycles. The number of benzene rings is 1. The van der Waals surface area contributed by atoms with Crippen molar-refractivity contribution < 1.29 is 13.2 Å². The second kappa shape index (κ2) is 5.54. The van der Waals surface area contributed by atoms with E-state index in [0.717, 1.165) is 0 Å². The van der Waals surface area contributed by atoms with Gasteiger partial charge in [-0.2, -0.15) is 4.72 Å². The lowest BCUT2D eigenvalue weighted by molar-refractivity contribution is 0.402. The minimum absolute atomic E-state index is 0.0523. The van der Waals surface area contributed by atoms with Crippen LogP contribution in [-0.2, 0) is 10.0 Å². The monoisotopic (exact) mass is 317 g/mol. The summed E-state index contributed by atoms with van der Waals surface area (Å²) in [5, 5.41) is 0. The molecule has 4 nitrogen and oxygen atoms in total. The van der Waals surface area contributed by atoms with Gasteiger partial charge in [0.25, 0.3) is 0 Å². The zero-order valence-electron chi connectivity index (χ0n) is 9.40. The van der Waals surface area contributed by atoms with Crippen molar-refractivity contribution >= 4 is 26.0 Å². The minimum Gasteiger partial charge on any atom is -0.495 e. The van der Waals surface area contributed by atoms with Gasteiger partial charge in [0.15, 0.2) is 0 Å².